The van der Waals surface area contributed by atoms with Gasteiger partial charge in [0.05, 0.1) is 22.4 Å². The lowest BCUT2D eigenvalue weighted by Gasteiger charge is -2.09. The highest BCUT2D eigenvalue weighted by atomic mass is 32.2. The number of thiazole rings is 1. The Morgan fingerprint density at radius 2 is 1.67 bits per heavy atom. The van der Waals surface area contributed by atoms with Crippen molar-refractivity contribution in [2.45, 2.75) is 4.90 Å². The molecule has 4 aromatic rings. The highest BCUT2D eigenvalue weighted by Gasteiger charge is 2.18. The Labute approximate surface area is 177 Å². The summed E-state index contributed by atoms with van der Waals surface area (Å²) < 4.78 is 33.9. The van der Waals surface area contributed by atoms with E-state index in [9.17, 15) is 13.2 Å². The molecule has 152 valence electrons. The molecule has 0 aliphatic heterocycles. The van der Waals surface area contributed by atoms with Crippen LogP contribution in [0, 0.1) is 0 Å². The molecule has 0 aliphatic carbocycles. The van der Waals surface area contributed by atoms with Crippen LogP contribution in [0.15, 0.2) is 77.7 Å². The Morgan fingerprint density at radius 3 is 2.33 bits per heavy atom. The van der Waals surface area contributed by atoms with Gasteiger partial charge in [-0.15, -0.1) is 0 Å². The maximum atomic E-state index is 12.6. The fourth-order valence-electron chi connectivity index (χ4n) is 2.84. The molecular formula is C21H17N3O4S2. The molecule has 7 nitrogen and oxygen atoms in total. The van der Waals surface area contributed by atoms with Crippen LogP contribution in [0.2, 0.25) is 0 Å². The molecule has 4 rings (SSSR count). The van der Waals surface area contributed by atoms with E-state index in [-0.39, 0.29) is 10.8 Å². The van der Waals surface area contributed by atoms with Crippen molar-refractivity contribution in [2.75, 3.05) is 17.1 Å². The maximum absolute atomic E-state index is 12.6. The first-order valence-corrected chi connectivity index (χ1v) is 11.2. The standard InChI is InChI=1S/C21H17N3O4S2/c1-28-17-12-15(24-30(26,27)16-10-6-3-7-11-16)13-18-19(17)22-21(29-18)23-20(25)14-8-4-2-5-9-14/h2-13,24H,1H3,(H,22,23,25). The van der Waals surface area contributed by atoms with E-state index >= 15 is 0 Å². The number of hydrogen-bond donors (Lipinski definition) is 2. The summed E-state index contributed by atoms with van der Waals surface area (Å²) in [4.78, 5) is 17.0. The van der Waals surface area contributed by atoms with Crippen molar-refractivity contribution >= 4 is 48.3 Å². The third-order valence-corrected chi connectivity index (χ3v) is 6.56. The van der Waals surface area contributed by atoms with Crippen LogP contribution in [-0.2, 0) is 10.0 Å². The fourth-order valence-corrected chi connectivity index (χ4v) is 4.82. The number of carbonyl (C=O) groups is 1. The summed E-state index contributed by atoms with van der Waals surface area (Å²) >= 11 is 1.23. The summed E-state index contributed by atoms with van der Waals surface area (Å²) in [6, 6.07) is 20.1. The van der Waals surface area contributed by atoms with Gasteiger partial charge in [0.1, 0.15) is 11.3 Å². The van der Waals surface area contributed by atoms with E-state index in [1.807, 2.05) is 6.07 Å². The van der Waals surface area contributed by atoms with Crippen LogP contribution in [0.3, 0.4) is 0 Å². The molecular weight excluding hydrogens is 422 g/mol. The van der Waals surface area contributed by atoms with Crippen molar-refractivity contribution in [1.82, 2.24) is 4.98 Å². The second-order valence-electron chi connectivity index (χ2n) is 6.28. The van der Waals surface area contributed by atoms with Crippen LogP contribution < -0.4 is 14.8 Å². The molecule has 0 fully saturated rings. The molecule has 1 amide bonds. The van der Waals surface area contributed by atoms with Crippen molar-refractivity contribution in [3.63, 3.8) is 0 Å². The van der Waals surface area contributed by atoms with E-state index in [0.717, 1.165) is 0 Å². The first kappa shape index (κ1) is 19.9. The number of anilines is 2. The number of nitrogens with zero attached hydrogens (tertiary/aromatic N) is 1. The van der Waals surface area contributed by atoms with Crippen LogP contribution in [0.4, 0.5) is 10.8 Å². The summed E-state index contributed by atoms with van der Waals surface area (Å²) in [6.07, 6.45) is 0. The quantitative estimate of drug-likeness (QED) is 0.465. The lowest BCUT2D eigenvalue weighted by Crippen LogP contribution is -2.12. The molecule has 0 spiro atoms. The number of carbonyl (C=O) groups excluding carboxylic acids is 1. The van der Waals surface area contributed by atoms with Gasteiger partial charge in [-0.25, -0.2) is 13.4 Å². The number of fused-ring (bicyclic) bond motifs is 1. The Hall–Kier alpha value is -3.43. The maximum Gasteiger partial charge on any atom is 0.261 e. The van der Waals surface area contributed by atoms with Crippen molar-refractivity contribution in [2.24, 2.45) is 0 Å². The fraction of sp³-hybridized carbons (Fsp3) is 0.0476. The van der Waals surface area contributed by atoms with Crippen molar-refractivity contribution in [3.05, 3.63) is 78.4 Å². The average molecular weight is 440 g/mol. The first-order chi connectivity index (χ1) is 14.5. The lowest BCUT2D eigenvalue weighted by molar-refractivity contribution is 0.102. The minimum atomic E-state index is -3.75. The highest BCUT2D eigenvalue weighted by molar-refractivity contribution is 7.92. The lowest BCUT2D eigenvalue weighted by atomic mass is 10.2. The summed E-state index contributed by atoms with van der Waals surface area (Å²) in [6.45, 7) is 0. The Balaban J connectivity index is 1.65. The van der Waals surface area contributed by atoms with E-state index in [4.69, 9.17) is 4.74 Å². The van der Waals surface area contributed by atoms with Gasteiger partial charge in [0.2, 0.25) is 0 Å². The molecule has 0 bridgehead atoms. The van der Waals surface area contributed by atoms with Gasteiger partial charge < -0.3 is 4.74 Å². The van der Waals surface area contributed by atoms with Gasteiger partial charge in [-0.2, -0.15) is 0 Å². The molecule has 0 saturated carbocycles. The number of hydrogen-bond acceptors (Lipinski definition) is 6. The van der Waals surface area contributed by atoms with Crippen LogP contribution in [0.5, 0.6) is 5.75 Å². The monoisotopic (exact) mass is 439 g/mol. The molecule has 0 atom stereocenters. The van der Waals surface area contributed by atoms with Gasteiger partial charge in [0.15, 0.2) is 5.13 Å². The minimum Gasteiger partial charge on any atom is -0.494 e. The molecule has 30 heavy (non-hydrogen) atoms. The molecule has 9 heteroatoms. The number of rotatable bonds is 6. The number of sulfonamides is 1. The summed E-state index contributed by atoms with van der Waals surface area (Å²) in [5.74, 6) is 0.119. The second kappa shape index (κ2) is 8.13. The predicted molar refractivity (Wildman–Crippen MR) is 118 cm³/mol. The smallest absolute Gasteiger partial charge is 0.261 e. The van der Waals surface area contributed by atoms with Crippen molar-refractivity contribution in [1.29, 1.82) is 0 Å². The summed E-state index contributed by atoms with van der Waals surface area (Å²) in [5, 5.41) is 3.16. The molecule has 0 aliphatic rings. The third-order valence-electron chi connectivity index (χ3n) is 4.24. The summed E-state index contributed by atoms with van der Waals surface area (Å²) in [5.41, 5.74) is 1.39. The van der Waals surface area contributed by atoms with E-state index in [1.54, 1.807) is 54.6 Å². The number of methoxy groups -OCH3 is 1. The molecule has 3 aromatic carbocycles. The van der Waals surface area contributed by atoms with Crippen molar-refractivity contribution in [3.8, 4) is 5.75 Å². The van der Waals surface area contributed by atoms with Gasteiger partial charge in [-0.1, -0.05) is 47.7 Å². The SMILES string of the molecule is COc1cc(NS(=O)(=O)c2ccccc2)cc2sc(NC(=O)c3ccccc3)nc12. The minimum absolute atomic E-state index is 0.157. The zero-order valence-corrected chi connectivity index (χ0v) is 17.5. The molecule has 1 heterocycles. The molecule has 1 aromatic heterocycles. The third kappa shape index (κ3) is 4.12. The van der Waals surface area contributed by atoms with Gasteiger partial charge in [0, 0.05) is 11.6 Å². The second-order valence-corrected chi connectivity index (χ2v) is 9.00. The predicted octanol–water partition coefficient (Wildman–Crippen LogP) is 4.36. The molecule has 0 saturated heterocycles. The van der Waals surface area contributed by atoms with Crippen LogP contribution >= 0.6 is 11.3 Å². The van der Waals surface area contributed by atoms with E-state index in [0.29, 0.717) is 32.3 Å². The molecule has 0 radical (unpaired) electrons. The summed E-state index contributed by atoms with van der Waals surface area (Å²) in [7, 11) is -2.27. The van der Waals surface area contributed by atoms with E-state index < -0.39 is 10.0 Å². The van der Waals surface area contributed by atoms with Crippen LogP contribution in [0.1, 0.15) is 10.4 Å². The van der Waals surface area contributed by atoms with Gasteiger partial charge in [-0.05, 0) is 30.3 Å². The topological polar surface area (TPSA) is 97.4 Å². The van der Waals surface area contributed by atoms with Crippen molar-refractivity contribution < 1.29 is 17.9 Å². The number of aromatic nitrogens is 1. The number of nitrogens with one attached hydrogen (secondary N) is 2. The number of amides is 1. The number of ether oxygens (including phenoxy) is 1. The zero-order valence-electron chi connectivity index (χ0n) is 15.8. The Kier molecular flexibility index (Phi) is 5.39. The zero-order chi connectivity index (χ0) is 21.1. The highest BCUT2D eigenvalue weighted by Crippen LogP contribution is 2.36. The van der Waals surface area contributed by atoms with E-state index in [2.05, 4.69) is 15.0 Å². The van der Waals surface area contributed by atoms with Gasteiger partial charge in [-0.3, -0.25) is 14.8 Å². The number of benzene rings is 3. The van der Waals surface area contributed by atoms with Crippen LogP contribution in [-0.4, -0.2) is 26.4 Å². The normalized spacial score (nSPS) is 11.2. The molecule has 2 N–H and O–H groups in total. The van der Waals surface area contributed by atoms with Gasteiger partial charge in [0.25, 0.3) is 15.9 Å². The Bertz CT molecular complexity index is 1300. The average Bonchev–Trinajstić information content (AvgIpc) is 3.16. The van der Waals surface area contributed by atoms with Crippen LogP contribution in [0.25, 0.3) is 10.2 Å². The van der Waals surface area contributed by atoms with Gasteiger partial charge >= 0.3 is 0 Å². The van der Waals surface area contributed by atoms with E-state index in [1.165, 1.54) is 30.6 Å². The largest absolute Gasteiger partial charge is 0.494 e. The Morgan fingerprint density at radius 1 is 1.00 bits per heavy atom. The first-order valence-electron chi connectivity index (χ1n) is 8.89. The molecule has 0 unspecified atom stereocenters.